The van der Waals surface area contributed by atoms with E-state index in [2.05, 4.69) is 15.4 Å². The van der Waals surface area contributed by atoms with Crippen molar-refractivity contribution < 1.29 is 9.59 Å². The summed E-state index contributed by atoms with van der Waals surface area (Å²) in [5, 5.41) is 7.84. The van der Waals surface area contributed by atoms with Crippen LogP contribution in [-0.2, 0) is 11.3 Å². The SMILES string of the molecule is CC(=O)N(C)Cc1cccc(NC(=O)c2nc(C)n(-c3c(Cl)cccc3Cl)n2)c1. The highest BCUT2D eigenvalue weighted by molar-refractivity contribution is 6.37. The molecule has 150 valence electrons. The van der Waals surface area contributed by atoms with Crippen molar-refractivity contribution in [3.8, 4) is 5.69 Å². The van der Waals surface area contributed by atoms with Crippen LogP contribution in [0.4, 0.5) is 5.69 Å². The number of aromatic nitrogens is 3. The molecule has 1 heterocycles. The van der Waals surface area contributed by atoms with Gasteiger partial charge in [0.05, 0.1) is 10.0 Å². The van der Waals surface area contributed by atoms with Gasteiger partial charge >= 0.3 is 0 Å². The largest absolute Gasteiger partial charge is 0.342 e. The average Bonchev–Trinajstić information content (AvgIpc) is 3.03. The van der Waals surface area contributed by atoms with Crippen LogP contribution < -0.4 is 5.32 Å². The topological polar surface area (TPSA) is 80.1 Å². The summed E-state index contributed by atoms with van der Waals surface area (Å²) in [6.45, 7) is 3.65. The molecule has 0 fully saturated rings. The lowest BCUT2D eigenvalue weighted by Crippen LogP contribution is -2.23. The third-order valence-corrected chi connectivity index (χ3v) is 4.87. The van der Waals surface area contributed by atoms with E-state index in [4.69, 9.17) is 23.2 Å². The van der Waals surface area contributed by atoms with E-state index in [1.54, 1.807) is 55.3 Å². The molecule has 0 unspecified atom stereocenters. The van der Waals surface area contributed by atoms with Crippen LogP contribution in [0.3, 0.4) is 0 Å². The van der Waals surface area contributed by atoms with Crippen molar-refractivity contribution in [1.29, 1.82) is 0 Å². The molecule has 29 heavy (non-hydrogen) atoms. The highest BCUT2D eigenvalue weighted by Crippen LogP contribution is 2.28. The minimum atomic E-state index is -0.466. The standard InChI is InChI=1S/C20H19Cl2N5O2/c1-12-23-19(25-27(12)18-16(21)8-5-9-17(18)22)20(29)24-15-7-4-6-14(10-15)11-26(3)13(2)28/h4-10H,11H2,1-3H3,(H,24,29). The van der Waals surface area contributed by atoms with E-state index in [-0.39, 0.29) is 11.7 Å². The van der Waals surface area contributed by atoms with Gasteiger partial charge in [0, 0.05) is 26.2 Å². The molecule has 0 aliphatic heterocycles. The number of hydrogen-bond acceptors (Lipinski definition) is 4. The van der Waals surface area contributed by atoms with Crippen molar-refractivity contribution >= 4 is 40.7 Å². The summed E-state index contributed by atoms with van der Waals surface area (Å²) >= 11 is 12.5. The van der Waals surface area contributed by atoms with Gasteiger partial charge in [0.2, 0.25) is 11.7 Å². The van der Waals surface area contributed by atoms with Crippen LogP contribution in [0.15, 0.2) is 42.5 Å². The first-order chi connectivity index (χ1) is 13.8. The quantitative estimate of drug-likeness (QED) is 0.658. The monoisotopic (exact) mass is 431 g/mol. The lowest BCUT2D eigenvalue weighted by Gasteiger charge is -2.15. The molecule has 0 spiro atoms. The minimum Gasteiger partial charge on any atom is -0.342 e. The summed E-state index contributed by atoms with van der Waals surface area (Å²) in [5.41, 5.74) is 1.93. The number of para-hydroxylation sites is 1. The molecule has 2 amide bonds. The second kappa shape index (κ2) is 8.63. The molecule has 0 saturated carbocycles. The molecule has 9 heteroatoms. The van der Waals surface area contributed by atoms with Gasteiger partial charge in [-0.05, 0) is 36.8 Å². The molecule has 3 aromatic rings. The van der Waals surface area contributed by atoms with Crippen LogP contribution in [0.5, 0.6) is 0 Å². The van der Waals surface area contributed by atoms with Crippen LogP contribution in [0.1, 0.15) is 28.9 Å². The molecule has 1 aromatic heterocycles. The number of aryl methyl sites for hydroxylation is 1. The van der Waals surface area contributed by atoms with Gasteiger partial charge in [0.1, 0.15) is 11.5 Å². The van der Waals surface area contributed by atoms with E-state index in [1.807, 2.05) is 6.07 Å². The van der Waals surface area contributed by atoms with Crippen molar-refractivity contribution in [2.24, 2.45) is 0 Å². The summed E-state index contributed by atoms with van der Waals surface area (Å²) in [4.78, 5) is 29.9. The predicted octanol–water partition coefficient (Wildman–Crippen LogP) is 4.11. The van der Waals surface area contributed by atoms with Crippen molar-refractivity contribution in [3.05, 3.63) is 69.7 Å². The maximum Gasteiger partial charge on any atom is 0.295 e. The Morgan fingerprint density at radius 3 is 2.45 bits per heavy atom. The number of benzene rings is 2. The third kappa shape index (κ3) is 4.75. The number of carbonyl (C=O) groups excluding carboxylic acids is 2. The molecule has 0 bridgehead atoms. The first kappa shape index (κ1) is 20.8. The predicted molar refractivity (Wildman–Crippen MR) is 113 cm³/mol. The smallest absolute Gasteiger partial charge is 0.295 e. The highest BCUT2D eigenvalue weighted by atomic mass is 35.5. The van der Waals surface area contributed by atoms with Crippen LogP contribution in [0.2, 0.25) is 10.0 Å². The van der Waals surface area contributed by atoms with Gasteiger partial charge in [-0.25, -0.2) is 9.67 Å². The Morgan fingerprint density at radius 2 is 1.79 bits per heavy atom. The van der Waals surface area contributed by atoms with Gasteiger partial charge in [-0.2, -0.15) is 0 Å². The molecule has 2 aromatic carbocycles. The first-order valence-corrected chi connectivity index (χ1v) is 9.52. The van der Waals surface area contributed by atoms with E-state index in [0.29, 0.717) is 33.8 Å². The van der Waals surface area contributed by atoms with E-state index in [1.165, 1.54) is 11.6 Å². The maximum absolute atomic E-state index is 12.6. The molecule has 1 N–H and O–H groups in total. The van der Waals surface area contributed by atoms with E-state index < -0.39 is 5.91 Å². The molecular formula is C20H19Cl2N5O2. The summed E-state index contributed by atoms with van der Waals surface area (Å²) in [6, 6.07) is 12.3. The summed E-state index contributed by atoms with van der Waals surface area (Å²) in [6.07, 6.45) is 0. The second-order valence-corrected chi connectivity index (χ2v) is 7.31. The number of amides is 2. The summed E-state index contributed by atoms with van der Waals surface area (Å²) in [5.74, 6) is -0.0401. The fourth-order valence-corrected chi connectivity index (χ4v) is 3.27. The van der Waals surface area contributed by atoms with Gasteiger partial charge in [0.25, 0.3) is 5.91 Å². The van der Waals surface area contributed by atoms with Crippen molar-refractivity contribution in [2.75, 3.05) is 12.4 Å². The number of hydrogen-bond donors (Lipinski definition) is 1. The van der Waals surface area contributed by atoms with Crippen molar-refractivity contribution in [2.45, 2.75) is 20.4 Å². The fraction of sp³-hybridized carbons (Fsp3) is 0.200. The highest BCUT2D eigenvalue weighted by Gasteiger charge is 2.18. The van der Waals surface area contributed by atoms with Gasteiger partial charge in [-0.15, -0.1) is 5.10 Å². The van der Waals surface area contributed by atoms with Crippen molar-refractivity contribution in [1.82, 2.24) is 19.7 Å². The van der Waals surface area contributed by atoms with Gasteiger partial charge in [-0.1, -0.05) is 41.4 Å². The molecule has 3 rings (SSSR count). The van der Waals surface area contributed by atoms with Crippen LogP contribution in [0, 0.1) is 6.92 Å². The van der Waals surface area contributed by atoms with Gasteiger partial charge in [-0.3, -0.25) is 9.59 Å². The Hall–Kier alpha value is -2.90. The Morgan fingerprint density at radius 1 is 1.14 bits per heavy atom. The second-order valence-electron chi connectivity index (χ2n) is 6.49. The fourth-order valence-electron chi connectivity index (χ4n) is 2.71. The number of rotatable bonds is 5. The Bertz CT molecular complexity index is 1060. The Labute approximate surface area is 178 Å². The molecule has 0 radical (unpaired) electrons. The van der Waals surface area contributed by atoms with Crippen LogP contribution in [0.25, 0.3) is 5.69 Å². The molecule has 0 aliphatic rings. The minimum absolute atomic E-state index is 0.00950. The number of nitrogens with one attached hydrogen (secondary N) is 1. The summed E-state index contributed by atoms with van der Waals surface area (Å²) < 4.78 is 1.44. The zero-order valence-electron chi connectivity index (χ0n) is 16.1. The number of carbonyl (C=O) groups is 2. The molecule has 0 atom stereocenters. The van der Waals surface area contributed by atoms with E-state index in [9.17, 15) is 9.59 Å². The zero-order valence-corrected chi connectivity index (χ0v) is 17.6. The van der Waals surface area contributed by atoms with E-state index in [0.717, 1.165) is 5.56 Å². The third-order valence-electron chi connectivity index (χ3n) is 4.26. The zero-order chi connectivity index (χ0) is 21.1. The molecule has 7 nitrogen and oxygen atoms in total. The van der Waals surface area contributed by atoms with Crippen molar-refractivity contribution in [3.63, 3.8) is 0 Å². The number of halogens is 2. The lowest BCUT2D eigenvalue weighted by molar-refractivity contribution is -0.128. The molecular weight excluding hydrogens is 413 g/mol. The average molecular weight is 432 g/mol. The Kier molecular flexibility index (Phi) is 6.20. The van der Waals surface area contributed by atoms with Crippen LogP contribution in [-0.4, -0.2) is 38.5 Å². The maximum atomic E-state index is 12.6. The van der Waals surface area contributed by atoms with Gasteiger partial charge in [0.15, 0.2) is 0 Å². The Balaban J connectivity index is 1.81. The number of nitrogens with zero attached hydrogens (tertiary/aromatic N) is 4. The normalized spacial score (nSPS) is 10.7. The van der Waals surface area contributed by atoms with Crippen LogP contribution >= 0.6 is 23.2 Å². The number of anilines is 1. The van der Waals surface area contributed by atoms with E-state index >= 15 is 0 Å². The summed E-state index contributed by atoms with van der Waals surface area (Å²) in [7, 11) is 1.72. The molecule has 0 aliphatic carbocycles. The first-order valence-electron chi connectivity index (χ1n) is 8.76. The lowest BCUT2D eigenvalue weighted by atomic mass is 10.2. The molecule has 0 saturated heterocycles. The van der Waals surface area contributed by atoms with Gasteiger partial charge < -0.3 is 10.2 Å².